The minimum absolute atomic E-state index is 0.00628. The molecule has 1 aliphatic rings. The van der Waals surface area contributed by atoms with Crippen molar-refractivity contribution < 1.29 is 87.7 Å². The van der Waals surface area contributed by atoms with Gasteiger partial charge in [0.1, 0.15) is 30.2 Å². The van der Waals surface area contributed by atoms with Crippen LogP contribution in [0.15, 0.2) is 60.7 Å². The first-order valence-corrected chi connectivity index (χ1v) is 29.1. The largest absolute Gasteiger partial charge is 0.481 e. The number of carbonyl (C=O) groups excluding carboxylic acids is 6. The highest BCUT2D eigenvalue weighted by atomic mass is 32.5. The maximum Gasteiger partial charge on any atom is 0.333 e. The third-order valence-corrected chi connectivity index (χ3v) is 15.6. The van der Waals surface area contributed by atoms with E-state index < -0.39 is 133 Å². The molecule has 3 rings (SSSR count). The van der Waals surface area contributed by atoms with Gasteiger partial charge in [0.15, 0.2) is 12.6 Å². The highest BCUT2D eigenvalue weighted by Crippen LogP contribution is 2.47. The molecule has 2 unspecified atom stereocenters. The second kappa shape index (κ2) is 33.7. The Labute approximate surface area is 460 Å². The van der Waals surface area contributed by atoms with Crippen LogP contribution in [0.1, 0.15) is 81.8 Å². The van der Waals surface area contributed by atoms with Crippen LogP contribution in [0.3, 0.4) is 0 Å². The Bertz CT molecular complexity index is 2440. The number of rotatable bonds is 33. The Balaban J connectivity index is 1.59. The standard InChI is InChI=1S/C50H70N7O18PS2/c1-56-37(26-43(62)63)47(67)57(2)38(49(70)71)29-78-30-53-36(46(56)66)27-52-44(64)34(24-31-14-8-6-9-15-31)55-45(65)35(25-32-16-10-7-11-17-32)54-41(59)18-12-4-3-5-13-23-51-40(58)21-20-39(50(72)73)75-76(74,77)28-33(48(68)69)19-22-42(60)61/h6-11,14-17,33-39,53H,3-5,12-13,18-30H2,1-2H3,(H,51,58)(H,52,64)(H,54,59)(H,55,65)(H,60,61)(H,62,63)(H,68,69)(H,70,71)(H,72,73)(H,74,77)/t33?,34-,35-,36-,37-,38-,39+,76?/m0/s1. The number of amides is 6. The lowest BCUT2D eigenvalue weighted by Gasteiger charge is -2.33. The molecule has 28 heteroatoms. The van der Waals surface area contributed by atoms with Crippen molar-refractivity contribution in [2.45, 2.75) is 120 Å². The second-order valence-corrected chi connectivity index (χ2v) is 23.2. The van der Waals surface area contributed by atoms with E-state index in [0.29, 0.717) is 43.2 Å². The molecular formula is C50H70N7O18PS2. The molecule has 2 aromatic carbocycles. The molecule has 0 aromatic heterocycles. The normalized spacial score (nSPS) is 18.4. The Morgan fingerprint density at radius 1 is 0.705 bits per heavy atom. The number of nitrogens with zero attached hydrogens (tertiary/aromatic N) is 2. The van der Waals surface area contributed by atoms with Crippen molar-refractivity contribution in [3.8, 4) is 0 Å². The number of hydrogen-bond acceptors (Lipinski definition) is 15. The summed E-state index contributed by atoms with van der Waals surface area (Å²) in [4.78, 5) is 152. The topological polar surface area (TPSA) is 385 Å². The number of aliphatic carboxylic acids is 5. The summed E-state index contributed by atoms with van der Waals surface area (Å²) in [7, 11) is 2.43. The first-order chi connectivity index (χ1) is 36.9. The molecular weight excluding hydrogens is 1080 g/mol. The molecule has 0 bridgehead atoms. The number of carboxylic acids is 5. The van der Waals surface area contributed by atoms with Crippen molar-refractivity contribution in [1.29, 1.82) is 0 Å². The van der Waals surface area contributed by atoms with Crippen LogP contribution in [0.2, 0.25) is 0 Å². The number of nitrogens with one attached hydrogen (secondary N) is 5. The molecule has 0 radical (unpaired) electrons. The molecule has 1 saturated heterocycles. The van der Waals surface area contributed by atoms with Crippen molar-refractivity contribution in [1.82, 2.24) is 36.4 Å². The summed E-state index contributed by atoms with van der Waals surface area (Å²) in [6, 6.07) is 11.1. The van der Waals surface area contributed by atoms with E-state index in [-0.39, 0.29) is 63.2 Å². The Hall–Kier alpha value is -6.51. The Morgan fingerprint density at radius 2 is 1.29 bits per heavy atom. The average Bonchev–Trinajstić information content (AvgIpc) is 3.39. The van der Waals surface area contributed by atoms with Gasteiger partial charge in [-0.1, -0.05) is 79.9 Å². The molecule has 25 nitrogen and oxygen atoms in total. The lowest BCUT2D eigenvalue weighted by molar-refractivity contribution is -0.154. The predicted octanol–water partition coefficient (Wildman–Crippen LogP) is 1.01. The van der Waals surface area contributed by atoms with E-state index in [4.69, 9.17) is 21.4 Å². The minimum Gasteiger partial charge on any atom is -0.481 e. The number of hydrogen-bond donors (Lipinski definition) is 11. The van der Waals surface area contributed by atoms with Crippen LogP contribution in [-0.4, -0.2) is 187 Å². The van der Waals surface area contributed by atoms with Crippen LogP contribution in [0, 0.1) is 5.92 Å². The van der Waals surface area contributed by atoms with Gasteiger partial charge in [-0.15, -0.1) is 11.8 Å². The molecule has 11 N–H and O–H groups in total. The number of likely N-dealkylation sites (N-methyl/N-ethyl adjacent to an activating group) is 2. The van der Waals surface area contributed by atoms with E-state index >= 15 is 0 Å². The highest BCUT2D eigenvalue weighted by Gasteiger charge is 2.39. The van der Waals surface area contributed by atoms with E-state index in [1.54, 1.807) is 60.7 Å². The lowest BCUT2D eigenvalue weighted by atomic mass is 10.0. The molecule has 0 spiro atoms. The zero-order valence-corrected chi connectivity index (χ0v) is 45.8. The van der Waals surface area contributed by atoms with Crippen LogP contribution >= 0.6 is 18.3 Å². The van der Waals surface area contributed by atoms with Gasteiger partial charge in [-0.05, 0) is 48.6 Å². The Morgan fingerprint density at radius 3 is 1.86 bits per heavy atom. The first-order valence-electron chi connectivity index (χ1n) is 25.1. The SMILES string of the molecule is CN1C(=O)[C@H](CNC(=O)[C@H](Cc2ccccc2)NC(=O)[C@H](Cc2ccccc2)NC(=O)CCCCCCCNC(=O)CC[C@@H](OP(O)(=S)CC(CCC(=O)O)C(=O)O)C(=O)O)NCSC[C@@H](C(=O)O)N(C)C(=O)[C@@H]1CC(=O)O. The number of thioether (sulfide) groups is 1. The summed E-state index contributed by atoms with van der Waals surface area (Å²) < 4.78 is 5.19. The van der Waals surface area contributed by atoms with Gasteiger partial charge in [0, 0.05) is 77.1 Å². The van der Waals surface area contributed by atoms with Crippen LogP contribution in [0.5, 0.6) is 0 Å². The number of carbonyl (C=O) groups is 11. The van der Waals surface area contributed by atoms with Crippen molar-refractivity contribution in [3.63, 3.8) is 0 Å². The van der Waals surface area contributed by atoms with Crippen LogP contribution in [0.4, 0.5) is 0 Å². The Kier molecular flexibility index (Phi) is 28.4. The molecule has 8 atom stereocenters. The van der Waals surface area contributed by atoms with E-state index in [2.05, 4.69) is 26.6 Å². The second-order valence-electron chi connectivity index (χ2n) is 18.6. The zero-order valence-electron chi connectivity index (χ0n) is 43.3. The first kappa shape index (κ1) is 65.8. The van der Waals surface area contributed by atoms with Gasteiger partial charge in [-0.2, -0.15) is 0 Å². The van der Waals surface area contributed by atoms with Gasteiger partial charge in [0.25, 0.3) is 0 Å². The molecule has 1 heterocycles. The van der Waals surface area contributed by atoms with E-state index in [1.807, 2.05) is 0 Å². The van der Waals surface area contributed by atoms with Crippen molar-refractivity contribution in [2.24, 2.45) is 5.92 Å². The van der Waals surface area contributed by atoms with Gasteiger partial charge >= 0.3 is 29.8 Å². The van der Waals surface area contributed by atoms with Crippen LogP contribution < -0.4 is 26.6 Å². The maximum absolute atomic E-state index is 14.2. The molecule has 0 aliphatic carbocycles. The van der Waals surface area contributed by atoms with E-state index in [9.17, 15) is 78.1 Å². The van der Waals surface area contributed by atoms with Crippen LogP contribution in [0.25, 0.3) is 0 Å². The number of unbranched alkanes of at least 4 members (excludes halogenated alkanes) is 4. The van der Waals surface area contributed by atoms with Gasteiger partial charge in [-0.25, -0.2) is 9.59 Å². The van der Waals surface area contributed by atoms with Crippen molar-refractivity contribution in [2.75, 3.05) is 45.0 Å². The highest BCUT2D eigenvalue weighted by molar-refractivity contribution is 8.09. The smallest absolute Gasteiger partial charge is 0.333 e. The zero-order chi connectivity index (χ0) is 58.0. The van der Waals surface area contributed by atoms with Gasteiger partial charge in [0.05, 0.1) is 12.3 Å². The van der Waals surface area contributed by atoms with Crippen molar-refractivity contribution in [3.05, 3.63) is 71.8 Å². The fourth-order valence-corrected chi connectivity index (χ4v) is 11.6. The summed E-state index contributed by atoms with van der Waals surface area (Å²) in [5, 5.41) is 61.2. The maximum atomic E-state index is 14.2. The monoisotopic (exact) mass is 1150 g/mol. The summed E-state index contributed by atoms with van der Waals surface area (Å²) in [5.41, 5.74) is 1.38. The molecule has 1 aliphatic heterocycles. The minimum atomic E-state index is -3.99. The molecule has 0 saturated carbocycles. The van der Waals surface area contributed by atoms with E-state index in [1.165, 1.54) is 14.1 Å². The summed E-state index contributed by atoms with van der Waals surface area (Å²) in [5.74, 6) is -12.4. The van der Waals surface area contributed by atoms with E-state index in [0.717, 1.165) is 21.6 Å². The number of carboxylic acid groups (broad SMARTS) is 5. The van der Waals surface area contributed by atoms with Crippen molar-refractivity contribution >= 4 is 95.4 Å². The quantitative estimate of drug-likeness (QED) is 0.0351. The fraction of sp³-hybridized carbons (Fsp3) is 0.540. The van der Waals surface area contributed by atoms with Gasteiger partial charge in [0.2, 0.25) is 35.4 Å². The summed E-state index contributed by atoms with van der Waals surface area (Å²) >= 11 is 6.04. The van der Waals surface area contributed by atoms with Crippen LogP contribution in [-0.2, 0) is 81.9 Å². The lowest BCUT2D eigenvalue weighted by Crippen LogP contribution is -2.59. The fourth-order valence-electron chi connectivity index (χ4n) is 8.10. The third kappa shape index (κ3) is 24.0. The average molecular weight is 1150 g/mol. The molecule has 78 heavy (non-hydrogen) atoms. The molecule has 6 amide bonds. The molecule has 430 valence electrons. The number of benzene rings is 2. The predicted molar refractivity (Wildman–Crippen MR) is 286 cm³/mol. The molecule has 2 aromatic rings. The van der Waals surface area contributed by atoms with Gasteiger partial charge in [-0.3, -0.25) is 48.5 Å². The molecule has 1 fully saturated rings. The third-order valence-electron chi connectivity index (χ3n) is 12.5. The van der Waals surface area contributed by atoms with Gasteiger partial charge < -0.3 is 66.0 Å². The summed E-state index contributed by atoms with van der Waals surface area (Å²) in [6.07, 6.45) is -1.70. The summed E-state index contributed by atoms with van der Waals surface area (Å²) in [6.45, 7) is -4.13.